The van der Waals surface area contributed by atoms with Crippen LogP contribution in [0.1, 0.15) is 136 Å². The second-order valence-corrected chi connectivity index (χ2v) is 27.5. The van der Waals surface area contributed by atoms with Gasteiger partial charge in [0.05, 0.1) is 51.4 Å². The fourth-order valence-electron chi connectivity index (χ4n) is 10.8. The summed E-state index contributed by atoms with van der Waals surface area (Å²) in [6, 6.07) is -17.3. The molecular formula is C70H106N20O31. The van der Waals surface area contributed by atoms with Gasteiger partial charge in [-0.1, -0.05) is 70.9 Å². The number of amides is 16. The Morgan fingerprint density at radius 2 is 0.686 bits per heavy atom. The van der Waals surface area contributed by atoms with Crippen LogP contribution in [0.25, 0.3) is 0 Å². The third kappa shape index (κ3) is 42.3. The van der Waals surface area contributed by atoms with Crippen LogP contribution in [0.3, 0.4) is 0 Å². The second kappa shape index (κ2) is 54.3. The molecule has 1 aromatic rings. The number of hydrogen-bond acceptors (Lipinski definition) is 26. The van der Waals surface area contributed by atoms with Crippen molar-refractivity contribution in [3.05, 3.63) is 35.9 Å². The van der Waals surface area contributed by atoms with E-state index >= 15 is 0 Å². The Morgan fingerprint density at radius 1 is 0.355 bits per heavy atom. The van der Waals surface area contributed by atoms with Crippen molar-refractivity contribution in [2.24, 2.45) is 34.8 Å². The average Bonchev–Trinajstić information content (AvgIpc) is 0.848. The average molecular weight is 1720 g/mol. The number of nitrogens with one attached hydrogen (secondary N) is 16. The highest BCUT2D eigenvalue weighted by atomic mass is 16.4. The van der Waals surface area contributed by atoms with E-state index < -0.39 is 330 Å². The molecule has 0 saturated carbocycles. The molecule has 0 bridgehead atoms. The first kappa shape index (κ1) is 105. The van der Waals surface area contributed by atoms with Gasteiger partial charge in [0.2, 0.25) is 94.5 Å². The van der Waals surface area contributed by atoms with Crippen LogP contribution in [-0.4, -0.2) is 288 Å². The molecule has 0 aliphatic carbocycles. The quantitative estimate of drug-likeness (QED) is 0.0164. The van der Waals surface area contributed by atoms with Crippen molar-refractivity contribution in [2.45, 2.75) is 215 Å². The van der Waals surface area contributed by atoms with Crippen LogP contribution in [0.15, 0.2) is 30.3 Å². The van der Waals surface area contributed by atoms with Gasteiger partial charge in [-0.25, -0.2) is 4.79 Å². The van der Waals surface area contributed by atoms with Crippen molar-refractivity contribution in [3.8, 4) is 0 Å². The molecule has 121 heavy (non-hydrogen) atoms. The molecule has 32 N–H and O–H groups in total. The van der Waals surface area contributed by atoms with Gasteiger partial charge in [0, 0.05) is 38.6 Å². The lowest BCUT2D eigenvalue weighted by Crippen LogP contribution is -2.61. The van der Waals surface area contributed by atoms with E-state index in [1.807, 2.05) is 42.5 Å². The van der Waals surface area contributed by atoms with Crippen molar-refractivity contribution in [3.63, 3.8) is 0 Å². The van der Waals surface area contributed by atoms with Crippen LogP contribution in [0.2, 0.25) is 0 Å². The Bertz CT molecular complexity index is 3910. The molecule has 0 heterocycles. The summed E-state index contributed by atoms with van der Waals surface area (Å²) in [7, 11) is 0. The Morgan fingerprint density at radius 3 is 1.06 bits per heavy atom. The Kier molecular flexibility index (Phi) is 47.2. The Labute approximate surface area is 688 Å². The molecule has 0 aromatic heterocycles. The lowest BCUT2D eigenvalue weighted by Gasteiger charge is -2.29. The van der Waals surface area contributed by atoms with Gasteiger partial charge in [0.15, 0.2) is 5.96 Å². The molecule has 16 amide bonds. The first-order chi connectivity index (χ1) is 56.6. The van der Waals surface area contributed by atoms with Crippen molar-refractivity contribution < 1.29 is 151 Å². The van der Waals surface area contributed by atoms with Gasteiger partial charge in [-0.15, -0.1) is 0 Å². The standard InChI is InChI=1S/C70H106N20O31/c1-5-31(3)55(89-57(108)34(71)13-10-22-76-70(74)75)68(119)83-36(15-19-46(73)93)59(110)80-35(14-18-45(72)92)61(112)84-39(23-33-11-8-7-9-12-33)63(114)87-42(26-53(104)105)65(116)85-40(24-51(100)101)58(109)78-28-47(94)77-29-48(95)79-44(30-91)67(118)88-41(25-52(102)103)64(115)82-37(16-20-49(96)97)60(111)81-38(17-21-50(98)99)62(113)86-43(27-54(106)107)66(117)90-56(69(120)121)32(4)6-2/h7-9,11-12,31-32,34-44,55-56,91H,5-6,10,13-30,71H2,1-4H3,(H2,72,92)(H2,73,93)(H,77,94)(H,78,109)(H,79,95)(H,80,110)(H,81,111)(H,82,115)(H,83,119)(H,84,112)(H,85,116)(H,86,113)(H,87,114)(H,88,118)(H,89,108)(H,90,117)(H,96,97)(H,98,99)(H,100,101)(H,102,103)(H,104,105)(H,106,107)(H,120,121)(H4,74,75,76)/t31-,32-,34-,35-,36-,37-,38-,39-,40-,41-,42-,43-,44-,55-,56-/m0/s1. The number of benzene rings is 1. The molecular weight excluding hydrogens is 1620 g/mol. The molecule has 0 aliphatic heterocycles. The molecule has 0 unspecified atom stereocenters. The van der Waals surface area contributed by atoms with E-state index in [0.29, 0.717) is 0 Å². The summed E-state index contributed by atoms with van der Waals surface area (Å²) in [4.78, 5) is 299. The number of primary amides is 2. The minimum Gasteiger partial charge on any atom is -0.481 e. The number of carboxylic acid groups (broad SMARTS) is 7. The maximum absolute atomic E-state index is 14.4. The largest absolute Gasteiger partial charge is 0.481 e. The van der Waals surface area contributed by atoms with E-state index in [0.717, 1.165) is 0 Å². The number of carbonyl (C=O) groups is 23. The molecule has 51 nitrogen and oxygen atoms in total. The van der Waals surface area contributed by atoms with Crippen molar-refractivity contribution in [1.82, 2.24) is 79.8 Å². The molecule has 1 aromatic carbocycles. The number of aliphatic hydroxyl groups excluding tert-OH is 1. The molecule has 15 atom stereocenters. The molecule has 0 saturated heterocycles. The predicted molar refractivity (Wildman–Crippen MR) is 410 cm³/mol. The summed E-state index contributed by atoms with van der Waals surface area (Å²) in [6.45, 7) is 2.76. The summed E-state index contributed by atoms with van der Waals surface area (Å²) in [5, 5.41) is 117. The minimum absolute atomic E-state index is 0.0737. The topological polar surface area (TPSA) is 863 Å². The highest BCUT2D eigenvalue weighted by Crippen LogP contribution is 2.15. The van der Waals surface area contributed by atoms with Crippen LogP contribution >= 0.6 is 0 Å². The number of nitrogens with two attached hydrogens (primary N) is 4. The van der Waals surface area contributed by atoms with Crippen molar-refractivity contribution >= 4 is 142 Å². The fourth-order valence-corrected chi connectivity index (χ4v) is 10.8. The maximum atomic E-state index is 14.4. The molecule has 0 spiro atoms. The molecule has 0 fully saturated rings. The maximum Gasteiger partial charge on any atom is 0.326 e. The Balaban J connectivity index is 3.46. The number of carbonyl (C=O) groups excluding carboxylic acids is 16. The number of aliphatic hydroxyl groups is 1. The first-order valence-electron chi connectivity index (χ1n) is 37.4. The van der Waals surface area contributed by atoms with Gasteiger partial charge in [-0.3, -0.25) is 111 Å². The van der Waals surface area contributed by atoms with Crippen molar-refractivity contribution in [2.75, 3.05) is 26.2 Å². The van der Waals surface area contributed by atoms with Crippen LogP contribution in [0, 0.1) is 17.2 Å². The second-order valence-electron chi connectivity index (χ2n) is 27.5. The number of guanidine groups is 1. The van der Waals surface area contributed by atoms with E-state index in [9.17, 15) is 151 Å². The molecule has 0 radical (unpaired) electrons. The highest BCUT2D eigenvalue weighted by Gasteiger charge is 2.40. The molecule has 672 valence electrons. The summed E-state index contributed by atoms with van der Waals surface area (Å²) in [5.74, 6) is -34.3. The molecule has 1 rings (SSSR count). The summed E-state index contributed by atoms with van der Waals surface area (Å²) in [6.07, 6.45) is -10.9. The zero-order chi connectivity index (χ0) is 92.1. The highest BCUT2D eigenvalue weighted by molar-refractivity contribution is 6.02. The van der Waals surface area contributed by atoms with E-state index in [-0.39, 0.29) is 43.8 Å². The lowest BCUT2D eigenvalue weighted by atomic mass is 9.96. The third-order valence-corrected chi connectivity index (χ3v) is 17.8. The van der Waals surface area contributed by atoms with E-state index in [1.165, 1.54) is 31.2 Å². The van der Waals surface area contributed by atoms with Gasteiger partial charge < -0.3 is 144 Å². The molecule has 51 heteroatoms. The van der Waals surface area contributed by atoms with E-state index in [1.54, 1.807) is 26.8 Å². The number of hydrogen-bond donors (Lipinski definition) is 28. The van der Waals surface area contributed by atoms with Crippen LogP contribution < -0.4 is 103 Å². The third-order valence-electron chi connectivity index (χ3n) is 17.8. The monoisotopic (exact) mass is 1720 g/mol. The van der Waals surface area contributed by atoms with Gasteiger partial charge in [-0.05, 0) is 55.9 Å². The van der Waals surface area contributed by atoms with Crippen LogP contribution in [0.5, 0.6) is 0 Å². The Hall–Kier alpha value is -13.8. The van der Waals surface area contributed by atoms with Crippen LogP contribution in [0.4, 0.5) is 0 Å². The summed E-state index contributed by atoms with van der Waals surface area (Å²) >= 11 is 0. The predicted octanol–water partition coefficient (Wildman–Crippen LogP) is -10.8. The summed E-state index contributed by atoms with van der Waals surface area (Å²) < 4.78 is 0. The SMILES string of the molecule is CC[C@H](C)[C@H](NC(=O)[C@H](CC(=O)O)NC(=O)[C@H](CCC(=O)O)NC(=O)[C@H](CCC(=O)O)NC(=O)[C@H](CC(=O)O)NC(=O)[C@H](CO)NC(=O)CNC(=O)CNC(=O)[C@H](CC(=O)O)NC(=O)[C@H](CC(=O)O)NC(=O)[C@H](Cc1ccccc1)NC(=O)[C@H](CCC(N)=O)NC(=O)[C@H](CCC(N)=O)NC(=O)[C@@H](NC(=O)[C@@H](N)CCCNC(=N)N)[C@@H](C)CC)C(=O)O. The lowest BCUT2D eigenvalue weighted by molar-refractivity contribution is -0.145. The fraction of sp³-hybridized carbons (Fsp3) is 0.571. The zero-order valence-electron chi connectivity index (χ0n) is 66.2. The first-order valence-corrected chi connectivity index (χ1v) is 37.4. The van der Waals surface area contributed by atoms with E-state index in [4.69, 9.17) is 28.3 Å². The summed E-state index contributed by atoms with van der Waals surface area (Å²) in [5.41, 5.74) is 22.5. The number of aliphatic carboxylic acids is 7. The number of carboxylic acids is 7. The normalized spacial score (nSPS) is 14.5. The van der Waals surface area contributed by atoms with E-state index in [2.05, 4.69) is 37.2 Å². The zero-order valence-corrected chi connectivity index (χ0v) is 66.2. The molecule has 0 aliphatic rings. The van der Waals surface area contributed by atoms with Gasteiger partial charge in [-0.2, -0.15) is 0 Å². The van der Waals surface area contributed by atoms with Crippen LogP contribution in [-0.2, 0) is 117 Å². The van der Waals surface area contributed by atoms with Gasteiger partial charge >= 0.3 is 41.8 Å². The van der Waals surface area contributed by atoms with Crippen molar-refractivity contribution in [1.29, 1.82) is 5.41 Å². The van der Waals surface area contributed by atoms with Gasteiger partial charge in [0.25, 0.3) is 0 Å². The number of rotatable bonds is 60. The minimum atomic E-state index is -2.30. The smallest absolute Gasteiger partial charge is 0.326 e. The van der Waals surface area contributed by atoms with Gasteiger partial charge in [0.1, 0.15) is 72.5 Å².